The molecule has 1 N–H and O–H groups in total. The molecule has 1 unspecified atom stereocenters. The lowest BCUT2D eigenvalue weighted by Crippen LogP contribution is -2.32. The summed E-state index contributed by atoms with van der Waals surface area (Å²) in [6, 6.07) is 8.68. The second-order valence-electron chi connectivity index (χ2n) is 7.95. The molecule has 0 amide bonds. The number of rotatable bonds is 7. The fourth-order valence-corrected chi connectivity index (χ4v) is 4.23. The lowest BCUT2D eigenvalue weighted by Gasteiger charge is -2.30. The minimum absolute atomic E-state index is 0.0602. The molecule has 0 saturated heterocycles. The van der Waals surface area contributed by atoms with E-state index in [-0.39, 0.29) is 22.8 Å². The molecule has 1 aliphatic heterocycles. The largest absolute Gasteiger partial charge is 0.466 e. The van der Waals surface area contributed by atoms with Crippen LogP contribution in [0.15, 0.2) is 57.3 Å². The molecular weight excluding hydrogens is 467 g/mol. The molecule has 0 saturated carbocycles. The number of furan rings is 1. The summed E-state index contributed by atoms with van der Waals surface area (Å²) in [6.45, 7) is 4.04. The van der Waals surface area contributed by atoms with Crippen molar-refractivity contribution in [2.75, 3.05) is 21.2 Å². The Morgan fingerprint density at radius 2 is 1.67 bits per heavy atom. The highest BCUT2D eigenvalue weighted by Gasteiger charge is 2.39. The van der Waals surface area contributed by atoms with Gasteiger partial charge in [0.2, 0.25) is 0 Å². The first-order chi connectivity index (χ1) is 15.6. The molecule has 176 valence electrons. The van der Waals surface area contributed by atoms with Crippen molar-refractivity contribution in [3.8, 4) is 0 Å². The summed E-state index contributed by atoms with van der Waals surface area (Å²) in [4.78, 5) is 28.0. The second kappa shape index (κ2) is 10.5. The molecule has 33 heavy (non-hydrogen) atoms. The summed E-state index contributed by atoms with van der Waals surface area (Å²) in [5.41, 5.74) is 2.09. The van der Waals surface area contributed by atoms with Crippen molar-refractivity contribution in [1.29, 1.82) is 0 Å². The Hall–Kier alpha value is -2.74. The van der Waals surface area contributed by atoms with Crippen molar-refractivity contribution in [2.24, 2.45) is 0 Å². The van der Waals surface area contributed by atoms with Crippen LogP contribution >= 0.6 is 23.2 Å². The van der Waals surface area contributed by atoms with Gasteiger partial charge in [-0.05, 0) is 51.7 Å². The van der Waals surface area contributed by atoms with E-state index in [0.29, 0.717) is 34.3 Å². The molecular formula is C24H26Cl2N2O5. The van der Waals surface area contributed by atoms with Gasteiger partial charge < -0.3 is 24.1 Å². The van der Waals surface area contributed by atoms with Crippen LogP contribution in [0.4, 0.5) is 0 Å². The summed E-state index contributed by atoms with van der Waals surface area (Å²) in [5.74, 6) is -0.743. The van der Waals surface area contributed by atoms with Gasteiger partial charge in [-0.1, -0.05) is 35.3 Å². The maximum absolute atomic E-state index is 13.3. The van der Waals surface area contributed by atoms with Crippen molar-refractivity contribution in [2.45, 2.75) is 32.9 Å². The van der Waals surface area contributed by atoms with Crippen molar-refractivity contribution in [3.05, 3.63) is 80.0 Å². The average molecular weight is 493 g/mol. The molecule has 9 heteroatoms. The molecule has 1 aromatic heterocycles. The maximum Gasteiger partial charge on any atom is 0.337 e. The normalized spacial score (nSPS) is 16.2. The van der Waals surface area contributed by atoms with Crippen molar-refractivity contribution >= 4 is 35.1 Å². The standard InChI is InChI=1S/C24H26Cl2N2O5/c1-13-19(23(29)31-5)21(17-7-6-8-18(25)22(17)26)20(14(2)27-13)24(30)32-12-16-10-9-15(33-16)11-28(3)4/h6-10,21,27H,11-12H2,1-5H3. The zero-order chi connectivity index (χ0) is 24.3. The minimum atomic E-state index is -0.821. The summed E-state index contributed by atoms with van der Waals surface area (Å²) >= 11 is 12.7. The van der Waals surface area contributed by atoms with E-state index in [4.69, 9.17) is 37.1 Å². The Kier molecular flexibility index (Phi) is 7.89. The minimum Gasteiger partial charge on any atom is -0.466 e. The third-order valence-corrected chi connectivity index (χ3v) is 6.05. The molecule has 7 nitrogen and oxygen atoms in total. The van der Waals surface area contributed by atoms with Gasteiger partial charge in [-0.2, -0.15) is 0 Å². The van der Waals surface area contributed by atoms with Crippen LogP contribution in [0.25, 0.3) is 0 Å². The molecule has 3 rings (SSSR count). The molecule has 0 radical (unpaired) electrons. The average Bonchev–Trinajstić information content (AvgIpc) is 3.19. The zero-order valence-electron chi connectivity index (χ0n) is 19.1. The van der Waals surface area contributed by atoms with Crippen LogP contribution in [0.1, 0.15) is 36.8 Å². The number of dihydropyridines is 1. The van der Waals surface area contributed by atoms with Gasteiger partial charge in [-0.15, -0.1) is 0 Å². The van der Waals surface area contributed by atoms with E-state index in [9.17, 15) is 9.59 Å². The first-order valence-corrected chi connectivity index (χ1v) is 11.0. The molecule has 0 fully saturated rings. The number of ether oxygens (including phenoxy) is 2. The lowest BCUT2D eigenvalue weighted by atomic mass is 9.80. The third kappa shape index (κ3) is 5.43. The van der Waals surface area contributed by atoms with Gasteiger partial charge in [0.05, 0.1) is 40.8 Å². The summed E-state index contributed by atoms with van der Waals surface area (Å²) in [7, 11) is 5.15. The number of nitrogens with zero attached hydrogens (tertiary/aromatic N) is 1. The number of allylic oxidation sites excluding steroid dienone is 2. The highest BCUT2D eigenvalue weighted by Crippen LogP contribution is 2.43. The Balaban J connectivity index is 1.96. The first kappa shape index (κ1) is 24.9. The number of hydrogen-bond donors (Lipinski definition) is 1. The van der Waals surface area contributed by atoms with E-state index in [0.717, 1.165) is 5.76 Å². The lowest BCUT2D eigenvalue weighted by molar-refractivity contribution is -0.141. The molecule has 1 aliphatic rings. The van der Waals surface area contributed by atoms with E-state index in [1.165, 1.54) is 7.11 Å². The molecule has 0 aliphatic carbocycles. The number of carbonyl (C=O) groups is 2. The topological polar surface area (TPSA) is 81.0 Å². The highest BCUT2D eigenvalue weighted by atomic mass is 35.5. The van der Waals surface area contributed by atoms with Gasteiger partial charge in [-0.25, -0.2) is 9.59 Å². The SMILES string of the molecule is COC(=O)C1=C(C)NC(C)=C(C(=O)OCc2ccc(CN(C)C)o2)C1c1cccc(Cl)c1Cl. The first-order valence-electron chi connectivity index (χ1n) is 10.2. The van der Waals surface area contributed by atoms with Gasteiger partial charge in [0.1, 0.15) is 18.1 Å². The van der Waals surface area contributed by atoms with Crippen LogP contribution in [0, 0.1) is 0 Å². The van der Waals surface area contributed by atoms with Crippen LogP contribution in [0.2, 0.25) is 10.0 Å². The van der Waals surface area contributed by atoms with Crippen LogP contribution in [0.3, 0.4) is 0 Å². The second-order valence-corrected chi connectivity index (χ2v) is 8.74. The smallest absolute Gasteiger partial charge is 0.337 e. The molecule has 1 aromatic carbocycles. The van der Waals surface area contributed by atoms with E-state index < -0.39 is 17.9 Å². The van der Waals surface area contributed by atoms with Crippen LogP contribution < -0.4 is 5.32 Å². The Morgan fingerprint density at radius 1 is 1.03 bits per heavy atom. The number of nitrogens with one attached hydrogen (secondary N) is 1. The van der Waals surface area contributed by atoms with Crippen LogP contribution in [-0.4, -0.2) is 38.0 Å². The number of halogens is 2. The fourth-order valence-electron chi connectivity index (χ4n) is 3.81. The van der Waals surface area contributed by atoms with Crippen LogP contribution in [0.5, 0.6) is 0 Å². The molecule has 1 atom stereocenters. The number of carbonyl (C=O) groups excluding carboxylic acids is 2. The number of methoxy groups -OCH3 is 1. The Morgan fingerprint density at radius 3 is 2.30 bits per heavy atom. The van der Waals surface area contributed by atoms with Gasteiger partial charge in [0.15, 0.2) is 0 Å². The van der Waals surface area contributed by atoms with E-state index >= 15 is 0 Å². The summed E-state index contributed by atoms with van der Waals surface area (Å²) in [5, 5.41) is 3.64. The molecule has 2 heterocycles. The van der Waals surface area contributed by atoms with Gasteiger partial charge >= 0.3 is 11.9 Å². The summed E-state index contributed by atoms with van der Waals surface area (Å²) < 4.78 is 16.3. The number of esters is 2. The van der Waals surface area contributed by atoms with Gasteiger partial charge in [0, 0.05) is 11.4 Å². The van der Waals surface area contributed by atoms with Crippen molar-refractivity contribution in [3.63, 3.8) is 0 Å². The number of hydrogen-bond acceptors (Lipinski definition) is 7. The molecule has 2 aromatic rings. The highest BCUT2D eigenvalue weighted by molar-refractivity contribution is 6.42. The third-order valence-electron chi connectivity index (χ3n) is 5.21. The Bertz CT molecular complexity index is 1130. The predicted molar refractivity (Wildman–Crippen MR) is 126 cm³/mol. The summed E-state index contributed by atoms with van der Waals surface area (Å²) in [6.07, 6.45) is 0. The van der Waals surface area contributed by atoms with Crippen LogP contribution in [-0.2, 0) is 32.2 Å². The molecule has 0 bridgehead atoms. The maximum atomic E-state index is 13.3. The van der Waals surface area contributed by atoms with E-state index in [2.05, 4.69) is 5.32 Å². The van der Waals surface area contributed by atoms with E-state index in [1.54, 1.807) is 38.1 Å². The zero-order valence-corrected chi connectivity index (χ0v) is 20.6. The number of benzene rings is 1. The van der Waals surface area contributed by atoms with Crippen molar-refractivity contribution < 1.29 is 23.5 Å². The Labute approximate surface area is 202 Å². The van der Waals surface area contributed by atoms with E-state index in [1.807, 2.05) is 25.1 Å². The van der Waals surface area contributed by atoms with Gasteiger partial charge in [0.25, 0.3) is 0 Å². The molecule has 0 spiro atoms. The monoisotopic (exact) mass is 492 g/mol. The van der Waals surface area contributed by atoms with Gasteiger partial charge in [-0.3, -0.25) is 0 Å². The van der Waals surface area contributed by atoms with Crippen molar-refractivity contribution in [1.82, 2.24) is 10.2 Å². The predicted octanol–water partition coefficient (Wildman–Crippen LogP) is 4.80. The quantitative estimate of drug-likeness (QED) is 0.555. The fraction of sp³-hybridized carbons (Fsp3) is 0.333.